The highest BCUT2D eigenvalue weighted by molar-refractivity contribution is 7.91. The van der Waals surface area contributed by atoms with Crippen molar-refractivity contribution in [2.24, 2.45) is 0 Å². The number of thiophene rings is 1. The summed E-state index contributed by atoms with van der Waals surface area (Å²) in [6.07, 6.45) is -1.86. The van der Waals surface area contributed by atoms with Crippen molar-refractivity contribution in [1.29, 1.82) is 0 Å². The van der Waals surface area contributed by atoms with Crippen LogP contribution in [0.2, 0.25) is 0 Å². The van der Waals surface area contributed by atoms with Crippen LogP contribution < -0.4 is 10.2 Å². The summed E-state index contributed by atoms with van der Waals surface area (Å²) in [7, 11) is -1.54. The van der Waals surface area contributed by atoms with Crippen molar-refractivity contribution in [2.45, 2.75) is 49.4 Å². The Morgan fingerprint density at radius 3 is 2.70 bits per heavy atom. The standard InChI is InChI=1S/C27H30F3N5O3S2/c1-16-14-34(2)7-8-35(16)18-5-6-21(19(11-18)17-3-4-17)32-26-31-13-20(27(28,29)30)25(33-26)22-12-24-23(39-22)15-38-9-10-40(24,36)37/h5-6,11-13,16-17H,3-4,7-10,14-15H2,1-2H3,(H,31,32,33)/t16-/m0/s1. The van der Waals surface area contributed by atoms with E-state index in [1.54, 1.807) is 0 Å². The molecule has 0 unspecified atom stereocenters. The Morgan fingerprint density at radius 2 is 1.98 bits per heavy atom. The topological polar surface area (TPSA) is 87.7 Å². The van der Waals surface area contributed by atoms with Crippen LogP contribution in [0.5, 0.6) is 0 Å². The molecule has 214 valence electrons. The van der Waals surface area contributed by atoms with E-state index < -0.39 is 21.6 Å². The number of nitrogens with zero attached hydrogens (tertiary/aromatic N) is 4. The average molecular weight is 594 g/mol. The third kappa shape index (κ3) is 5.44. The number of halogens is 3. The van der Waals surface area contributed by atoms with Crippen molar-refractivity contribution >= 4 is 38.5 Å². The number of aromatic nitrogens is 2. The summed E-state index contributed by atoms with van der Waals surface area (Å²) >= 11 is 0.954. The summed E-state index contributed by atoms with van der Waals surface area (Å²) in [4.78, 5) is 13.5. The van der Waals surface area contributed by atoms with Crippen molar-refractivity contribution in [1.82, 2.24) is 14.9 Å². The molecule has 2 aromatic heterocycles. The van der Waals surface area contributed by atoms with E-state index >= 15 is 0 Å². The average Bonchev–Trinajstić information content (AvgIpc) is 3.66. The zero-order valence-corrected chi connectivity index (χ0v) is 23.8. The van der Waals surface area contributed by atoms with Crippen LogP contribution in [0, 0.1) is 0 Å². The van der Waals surface area contributed by atoms with Gasteiger partial charge in [0.05, 0.1) is 34.4 Å². The molecule has 1 saturated carbocycles. The lowest BCUT2D eigenvalue weighted by Crippen LogP contribution is -2.50. The molecule has 0 spiro atoms. The molecule has 1 saturated heterocycles. The smallest absolute Gasteiger partial charge is 0.375 e. The Hall–Kier alpha value is -2.74. The maximum Gasteiger partial charge on any atom is 0.420 e. The van der Waals surface area contributed by atoms with Crippen LogP contribution in [-0.4, -0.2) is 68.4 Å². The van der Waals surface area contributed by atoms with Crippen molar-refractivity contribution in [2.75, 3.05) is 49.3 Å². The molecule has 8 nitrogen and oxygen atoms in total. The summed E-state index contributed by atoms with van der Waals surface area (Å²) in [5.74, 6) is 0.178. The van der Waals surface area contributed by atoms with E-state index in [1.807, 2.05) is 12.1 Å². The molecule has 2 aliphatic heterocycles. The van der Waals surface area contributed by atoms with Crippen molar-refractivity contribution in [3.05, 3.63) is 46.5 Å². The predicted molar refractivity (Wildman–Crippen MR) is 148 cm³/mol. The molecule has 40 heavy (non-hydrogen) atoms. The molecule has 2 fully saturated rings. The monoisotopic (exact) mass is 593 g/mol. The number of nitrogens with one attached hydrogen (secondary N) is 1. The molecule has 1 N–H and O–H groups in total. The number of fused-ring (bicyclic) bond motifs is 1. The molecule has 0 amide bonds. The van der Waals surface area contributed by atoms with Gasteiger partial charge in [-0.3, -0.25) is 0 Å². The zero-order valence-electron chi connectivity index (χ0n) is 22.2. The molecule has 1 aromatic carbocycles. The van der Waals surface area contributed by atoms with E-state index in [2.05, 4.69) is 45.1 Å². The van der Waals surface area contributed by atoms with E-state index in [4.69, 9.17) is 4.74 Å². The predicted octanol–water partition coefficient (Wildman–Crippen LogP) is 5.29. The highest BCUT2D eigenvalue weighted by Gasteiger charge is 2.37. The van der Waals surface area contributed by atoms with Crippen LogP contribution in [0.15, 0.2) is 35.4 Å². The van der Waals surface area contributed by atoms with Gasteiger partial charge in [-0.25, -0.2) is 18.4 Å². The molecule has 3 aromatic rings. The van der Waals surface area contributed by atoms with Crippen LogP contribution in [0.3, 0.4) is 0 Å². The van der Waals surface area contributed by atoms with Crippen LogP contribution in [0.1, 0.15) is 41.7 Å². The Morgan fingerprint density at radius 1 is 1.18 bits per heavy atom. The molecule has 13 heteroatoms. The lowest BCUT2D eigenvalue weighted by Gasteiger charge is -2.40. The van der Waals surface area contributed by atoms with Crippen LogP contribution >= 0.6 is 11.3 Å². The third-order valence-corrected chi connectivity index (χ3v) is 10.6. The largest absolute Gasteiger partial charge is 0.420 e. The summed E-state index contributed by atoms with van der Waals surface area (Å²) in [6, 6.07) is 7.80. The first-order valence-corrected chi connectivity index (χ1v) is 15.7. The molecule has 0 radical (unpaired) electrons. The van der Waals surface area contributed by atoms with Crippen molar-refractivity contribution in [3.63, 3.8) is 0 Å². The number of piperazine rings is 1. The second kappa shape index (κ2) is 10.3. The Bertz CT molecular complexity index is 1540. The van der Waals surface area contributed by atoms with Gasteiger partial charge in [0.1, 0.15) is 5.56 Å². The summed E-state index contributed by atoms with van der Waals surface area (Å²) in [5, 5.41) is 3.16. The molecule has 6 rings (SSSR count). The number of hydrogen-bond donors (Lipinski definition) is 1. The Balaban J connectivity index is 1.36. The SMILES string of the molecule is C[C@H]1CN(C)CCN1c1ccc(Nc2ncc(C(F)(F)F)c(-c3cc4c(s3)COCCS4(=O)=O)n2)c(C2CC2)c1. The fraction of sp³-hybridized carbons (Fsp3) is 0.481. The number of anilines is 3. The molecular formula is C27H30F3N5O3S2. The van der Waals surface area contributed by atoms with Gasteiger partial charge >= 0.3 is 6.18 Å². The molecule has 0 bridgehead atoms. The highest BCUT2D eigenvalue weighted by Crippen LogP contribution is 2.46. The first kappa shape index (κ1) is 27.4. The van der Waals surface area contributed by atoms with Gasteiger partial charge < -0.3 is 19.9 Å². The van der Waals surface area contributed by atoms with E-state index in [0.29, 0.717) is 16.8 Å². The van der Waals surface area contributed by atoms with Gasteiger partial charge in [-0.1, -0.05) is 0 Å². The van der Waals surface area contributed by atoms with E-state index in [0.717, 1.165) is 66.9 Å². The fourth-order valence-electron chi connectivity index (χ4n) is 5.39. The number of likely N-dealkylation sites (N-methyl/N-ethyl adjacent to an activating group) is 1. The van der Waals surface area contributed by atoms with E-state index in [1.165, 1.54) is 6.07 Å². The number of rotatable bonds is 5. The summed E-state index contributed by atoms with van der Waals surface area (Å²) in [6.45, 7) is 5.15. The Kier molecular flexibility index (Phi) is 7.04. The van der Waals surface area contributed by atoms with Gasteiger partial charge in [0, 0.05) is 48.1 Å². The van der Waals surface area contributed by atoms with E-state index in [-0.39, 0.29) is 40.4 Å². The minimum Gasteiger partial charge on any atom is -0.375 e. The van der Waals surface area contributed by atoms with Crippen LogP contribution in [0.4, 0.5) is 30.5 Å². The first-order chi connectivity index (χ1) is 19.0. The number of ether oxygens (including phenoxy) is 1. The van der Waals surface area contributed by atoms with Crippen LogP contribution in [0.25, 0.3) is 10.6 Å². The quantitative estimate of drug-likeness (QED) is 0.427. The lowest BCUT2D eigenvalue weighted by molar-refractivity contribution is -0.137. The summed E-state index contributed by atoms with van der Waals surface area (Å²) in [5.41, 5.74) is 1.62. The normalized spacial score (nSPS) is 21.6. The molecule has 1 atom stereocenters. The van der Waals surface area contributed by atoms with Gasteiger partial charge in [-0.15, -0.1) is 11.3 Å². The zero-order chi connectivity index (χ0) is 28.2. The van der Waals surface area contributed by atoms with Gasteiger partial charge in [-0.05, 0) is 62.6 Å². The maximum atomic E-state index is 14.0. The van der Waals surface area contributed by atoms with Crippen molar-refractivity contribution < 1.29 is 26.3 Å². The maximum absolute atomic E-state index is 14.0. The lowest BCUT2D eigenvalue weighted by atomic mass is 10.0. The van der Waals surface area contributed by atoms with Gasteiger partial charge in [0.15, 0.2) is 9.84 Å². The molecule has 4 heterocycles. The Labute approximate surface area is 235 Å². The van der Waals surface area contributed by atoms with Gasteiger partial charge in [0.25, 0.3) is 0 Å². The number of hydrogen-bond acceptors (Lipinski definition) is 9. The van der Waals surface area contributed by atoms with Gasteiger partial charge in [-0.2, -0.15) is 13.2 Å². The molecule has 1 aliphatic carbocycles. The second-order valence-electron chi connectivity index (χ2n) is 10.7. The fourth-order valence-corrected chi connectivity index (χ4v) is 8.23. The third-order valence-electron chi connectivity index (χ3n) is 7.62. The van der Waals surface area contributed by atoms with E-state index in [9.17, 15) is 21.6 Å². The highest BCUT2D eigenvalue weighted by atomic mass is 32.2. The molecule has 3 aliphatic rings. The summed E-state index contributed by atoms with van der Waals surface area (Å²) < 4.78 is 72.7. The number of benzene rings is 1. The second-order valence-corrected chi connectivity index (χ2v) is 13.9. The van der Waals surface area contributed by atoms with Crippen LogP contribution in [-0.2, 0) is 27.4 Å². The number of sulfone groups is 1. The number of alkyl halides is 3. The minimum absolute atomic E-state index is 0.0102. The van der Waals surface area contributed by atoms with Gasteiger partial charge in [0.2, 0.25) is 5.95 Å². The minimum atomic E-state index is -4.72. The molecular weight excluding hydrogens is 563 g/mol. The van der Waals surface area contributed by atoms with Crippen molar-refractivity contribution in [3.8, 4) is 10.6 Å². The first-order valence-electron chi connectivity index (χ1n) is 13.2.